The molecule has 1 aliphatic carbocycles. The highest BCUT2D eigenvalue weighted by molar-refractivity contribution is 4.92. The molecule has 1 nitrogen and oxygen atoms in total. The van der Waals surface area contributed by atoms with Crippen LogP contribution in [0.2, 0.25) is 0 Å². The number of nitrogens with one attached hydrogen (secondary N) is 1. The molecule has 3 fully saturated rings. The molecule has 3 rings (SSSR count). The average Bonchev–Trinajstić information content (AvgIpc) is 1.90. The first-order chi connectivity index (χ1) is 4.29. The molecule has 9 heavy (non-hydrogen) atoms. The third-order valence-corrected chi connectivity index (χ3v) is 3.01. The zero-order valence-corrected chi connectivity index (χ0v) is 6.11. The van der Waals surface area contributed by atoms with E-state index < -0.39 is 0 Å². The summed E-state index contributed by atoms with van der Waals surface area (Å²) < 4.78 is 0. The van der Waals surface area contributed by atoms with Gasteiger partial charge >= 0.3 is 0 Å². The summed E-state index contributed by atoms with van der Waals surface area (Å²) in [4.78, 5) is 0. The fraction of sp³-hybridized carbons (Fsp3) is 1.00. The van der Waals surface area contributed by atoms with Gasteiger partial charge in [0.25, 0.3) is 0 Å². The topological polar surface area (TPSA) is 12.0 Å². The molecule has 0 aromatic rings. The standard InChI is InChI=1S/C8H15N/c1-8-4-2-7(3-5-8)9-6-8/h7,9H,2-6H2,1H3. The Morgan fingerprint density at radius 2 is 2.00 bits per heavy atom. The van der Waals surface area contributed by atoms with Crippen LogP contribution in [0.15, 0.2) is 0 Å². The van der Waals surface area contributed by atoms with Crippen LogP contribution < -0.4 is 5.32 Å². The SMILES string of the molecule is CC12CCC(CC1)NC2. The van der Waals surface area contributed by atoms with Gasteiger partial charge in [-0.1, -0.05) is 6.92 Å². The van der Waals surface area contributed by atoms with E-state index in [0.717, 1.165) is 6.04 Å². The molecule has 3 aliphatic rings. The average molecular weight is 125 g/mol. The van der Waals surface area contributed by atoms with Crippen molar-refractivity contribution in [3.05, 3.63) is 0 Å². The Balaban J connectivity index is 2.11. The Bertz CT molecular complexity index is 98.0. The molecule has 0 aromatic heterocycles. The fourth-order valence-corrected chi connectivity index (χ4v) is 2.09. The molecule has 1 N–H and O–H groups in total. The van der Waals surface area contributed by atoms with Gasteiger partial charge in [0.15, 0.2) is 0 Å². The summed E-state index contributed by atoms with van der Waals surface area (Å²) in [5.74, 6) is 0. The highest BCUT2D eigenvalue weighted by Crippen LogP contribution is 2.39. The van der Waals surface area contributed by atoms with Crippen LogP contribution in [-0.2, 0) is 0 Å². The van der Waals surface area contributed by atoms with Crippen molar-refractivity contribution in [2.24, 2.45) is 5.41 Å². The van der Waals surface area contributed by atoms with Crippen LogP contribution in [0.1, 0.15) is 32.6 Å². The van der Waals surface area contributed by atoms with E-state index >= 15 is 0 Å². The second kappa shape index (κ2) is 1.72. The van der Waals surface area contributed by atoms with Gasteiger partial charge in [-0.2, -0.15) is 0 Å². The number of hydrogen-bond donors (Lipinski definition) is 1. The van der Waals surface area contributed by atoms with Gasteiger partial charge in [-0.15, -0.1) is 0 Å². The highest BCUT2D eigenvalue weighted by atomic mass is 15.0. The van der Waals surface area contributed by atoms with Gasteiger partial charge in [-0.05, 0) is 31.1 Å². The summed E-state index contributed by atoms with van der Waals surface area (Å²) in [6.45, 7) is 3.69. The van der Waals surface area contributed by atoms with Crippen molar-refractivity contribution in [1.82, 2.24) is 5.32 Å². The predicted molar refractivity (Wildman–Crippen MR) is 38.4 cm³/mol. The molecule has 2 bridgehead atoms. The second-order valence-electron chi connectivity index (χ2n) is 3.97. The van der Waals surface area contributed by atoms with E-state index in [9.17, 15) is 0 Å². The summed E-state index contributed by atoms with van der Waals surface area (Å²) in [5, 5.41) is 3.56. The molecule has 2 aliphatic heterocycles. The van der Waals surface area contributed by atoms with Crippen LogP contribution in [0.3, 0.4) is 0 Å². The third kappa shape index (κ3) is 0.877. The molecule has 0 unspecified atom stereocenters. The predicted octanol–water partition coefficient (Wildman–Crippen LogP) is 1.54. The van der Waals surface area contributed by atoms with Gasteiger partial charge in [0.1, 0.15) is 0 Å². The van der Waals surface area contributed by atoms with E-state index in [1.165, 1.54) is 32.2 Å². The molecule has 1 saturated carbocycles. The molecule has 52 valence electrons. The molecule has 2 heterocycles. The Hall–Kier alpha value is -0.0400. The Morgan fingerprint density at radius 3 is 2.22 bits per heavy atom. The summed E-state index contributed by atoms with van der Waals surface area (Å²) in [6, 6.07) is 0.881. The molecule has 0 amide bonds. The fourth-order valence-electron chi connectivity index (χ4n) is 2.09. The van der Waals surface area contributed by atoms with Gasteiger partial charge in [0.2, 0.25) is 0 Å². The number of fused-ring (bicyclic) bond motifs is 3. The molecular weight excluding hydrogens is 110 g/mol. The van der Waals surface area contributed by atoms with Crippen LogP contribution in [0.4, 0.5) is 0 Å². The van der Waals surface area contributed by atoms with Crippen molar-refractivity contribution < 1.29 is 0 Å². The molecule has 0 aromatic carbocycles. The molecule has 1 heteroatoms. The number of rotatable bonds is 0. The van der Waals surface area contributed by atoms with Gasteiger partial charge < -0.3 is 5.32 Å². The van der Waals surface area contributed by atoms with Gasteiger partial charge in [0, 0.05) is 12.6 Å². The summed E-state index contributed by atoms with van der Waals surface area (Å²) in [5.41, 5.74) is 0.675. The van der Waals surface area contributed by atoms with Crippen LogP contribution in [0, 0.1) is 5.41 Å². The zero-order valence-electron chi connectivity index (χ0n) is 6.11. The largest absolute Gasteiger partial charge is 0.313 e. The van der Waals surface area contributed by atoms with Crippen LogP contribution in [0.5, 0.6) is 0 Å². The van der Waals surface area contributed by atoms with Crippen molar-refractivity contribution >= 4 is 0 Å². The maximum Gasteiger partial charge on any atom is 0.00677 e. The Morgan fingerprint density at radius 1 is 1.33 bits per heavy atom. The van der Waals surface area contributed by atoms with E-state index in [2.05, 4.69) is 12.2 Å². The van der Waals surface area contributed by atoms with Gasteiger partial charge in [-0.25, -0.2) is 0 Å². The van der Waals surface area contributed by atoms with Gasteiger partial charge in [0.05, 0.1) is 0 Å². The minimum absolute atomic E-state index is 0.675. The first kappa shape index (κ1) is 5.72. The Kier molecular flexibility index (Phi) is 1.10. The smallest absolute Gasteiger partial charge is 0.00677 e. The first-order valence-electron chi connectivity index (χ1n) is 4.02. The lowest BCUT2D eigenvalue weighted by molar-refractivity contribution is 0.116. The lowest BCUT2D eigenvalue weighted by Crippen LogP contribution is -2.49. The van der Waals surface area contributed by atoms with Crippen molar-refractivity contribution in [3.8, 4) is 0 Å². The minimum atomic E-state index is 0.675. The lowest BCUT2D eigenvalue weighted by Gasteiger charge is -2.44. The number of hydrogen-bond acceptors (Lipinski definition) is 1. The van der Waals surface area contributed by atoms with Crippen molar-refractivity contribution in [3.63, 3.8) is 0 Å². The molecule has 2 saturated heterocycles. The Labute approximate surface area is 56.8 Å². The maximum absolute atomic E-state index is 3.56. The highest BCUT2D eigenvalue weighted by Gasteiger charge is 2.35. The van der Waals surface area contributed by atoms with Gasteiger partial charge in [-0.3, -0.25) is 0 Å². The van der Waals surface area contributed by atoms with E-state index in [4.69, 9.17) is 0 Å². The lowest BCUT2D eigenvalue weighted by atomic mass is 9.70. The molecular formula is C8H15N. The summed E-state index contributed by atoms with van der Waals surface area (Å²) in [6.07, 6.45) is 5.78. The number of piperidine rings is 2. The normalized spacial score (nSPS) is 49.7. The zero-order chi connectivity index (χ0) is 6.32. The van der Waals surface area contributed by atoms with Crippen molar-refractivity contribution in [2.45, 2.75) is 38.6 Å². The van der Waals surface area contributed by atoms with Crippen LogP contribution in [0.25, 0.3) is 0 Å². The van der Waals surface area contributed by atoms with Crippen LogP contribution in [-0.4, -0.2) is 12.6 Å². The summed E-state index contributed by atoms with van der Waals surface area (Å²) >= 11 is 0. The minimum Gasteiger partial charge on any atom is -0.313 e. The van der Waals surface area contributed by atoms with Crippen molar-refractivity contribution in [2.75, 3.05) is 6.54 Å². The van der Waals surface area contributed by atoms with E-state index in [1.807, 2.05) is 0 Å². The monoisotopic (exact) mass is 125 g/mol. The van der Waals surface area contributed by atoms with E-state index in [1.54, 1.807) is 0 Å². The quantitative estimate of drug-likeness (QED) is 0.518. The molecule has 0 atom stereocenters. The van der Waals surface area contributed by atoms with E-state index in [-0.39, 0.29) is 0 Å². The third-order valence-electron chi connectivity index (χ3n) is 3.01. The second-order valence-corrected chi connectivity index (χ2v) is 3.97. The maximum atomic E-state index is 3.56. The summed E-state index contributed by atoms with van der Waals surface area (Å²) in [7, 11) is 0. The van der Waals surface area contributed by atoms with Crippen LogP contribution >= 0.6 is 0 Å². The first-order valence-corrected chi connectivity index (χ1v) is 4.02. The molecule has 0 spiro atoms. The molecule has 0 radical (unpaired) electrons. The van der Waals surface area contributed by atoms with E-state index in [0.29, 0.717) is 5.41 Å². The van der Waals surface area contributed by atoms with Crippen molar-refractivity contribution in [1.29, 1.82) is 0 Å².